The van der Waals surface area contributed by atoms with Crippen LogP contribution in [-0.4, -0.2) is 48.7 Å². The van der Waals surface area contributed by atoms with Gasteiger partial charge in [-0.2, -0.15) is 9.40 Å². The second kappa shape index (κ2) is 6.69. The molecule has 0 amide bonds. The van der Waals surface area contributed by atoms with E-state index in [0.717, 1.165) is 32.4 Å². The van der Waals surface area contributed by atoms with Gasteiger partial charge >= 0.3 is 0 Å². The fourth-order valence-corrected chi connectivity index (χ4v) is 4.20. The molecule has 1 saturated heterocycles. The highest BCUT2D eigenvalue weighted by Gasteiger charge is 2.28. The van der Waals surface area contributed by atoms with Crippen molar-refractivity contribution in [3.63, 3.8) is 0 Å². The lowest BCUT2D eigenvalue weighted by atomic mass is 10.00. The van der Waals surface area contributed by atoms with E-state index in [1.54, 1.807) is 17.5 Å². The molecule has 1 unspecified atom stereocenters. The standard InChI is InChI=1S/C13H24N4O2S/c1-3-7-17(10-12-5-4-6-14-8-12)20(18,19)13-9-15-16(2)11-13/h9,11-12,14H,3-8,10H2,1-2H3. The largest absolute Gasteiger partial charge is 0.316 e. The number of hydrogen-bond acceptors (Lipinski definition) is 4. The summed E-state index contributed by atoms with van der Waals surface area (Å²) in [6.07, 6.45) is 6.03. The number of aryl methyl sites for hydroxylation is 1. The van der Waals surface area contributed by atoms with Gasteiger partial charge in [-0.3, -0.25) is 4.68 Å². The molecule has 7 heteroatoms. The topological polar surface area (TPSA) is 67.2 Å². The van der Waals surface area contributed by atoms with Crippen molar-refractivity contribution in [1.29, 1.82) is 0 Å². The number of nitrogens with zero attached hydrogens (tertiary/aromatic N) is 3. The van der Waals surface area contributed by atoms with Crippen LogP contribution in [0.4, 0.5) is 0 Å². The molecule has 1 N–H and O–H groups in total. The first-order valence-electron chi connectivity index (χ1n) is 7.23. The molecule has 0 saturated carbocycles. The zero-order valence-electron chi connectivity index (χ0n) is 12.2. The Kier molecular flexibility index (Phi) is 5.17. The molecule has 0 aromatic carbocycles. The van der Waals surface area contributed by atoms with Crippen LogP contribution < -0.4 is 5.32 Å². The summed E-state index contributed by atoms with van der Waals surface area (Å²) in [5.74, 6) is 0.404. The van der Waals surface area contributed by atoms with E-state index in [2.05, 4.69) is 10.4 Å². The Bertz CT molecular complexity index is 520. The van der Waals surface area contributed by atoms with Gasteiger partial charge in [-0.05, 0) is 38.3 Å². The van der Waals surface area contributed by atoms with Crippen molar-refractivity contribution in [2.24, 2.45) is 13.0 Å². The van der Waals surface area contributed by atoms with Crippen molar-refractivity contribution in [3.8, 4) is 0 Å². The van der Waals surface area contributed by atoms with Gasteiger partial charge in [0.1, 0.15) is 4.90 Å². The van der Waals surface area contributed by atoms with E-state index in [9.17, 15) is 8.42 Å². The van der Waals surface area contributed by atoms with E-state index in [-0.39, 0.29) is 4.90 Å². The molecule has 0 aliphatic carbocycles. The first-order valence-corrected chi connectivity index (χ1v) is 8.67. The lowest BCUT2D eigenvalue weighted by Gasteiger charge is -2.29. The normalized spacial score (nSPS) is 20.4. The average Bonchev–Trinajstić information content (AvgIpc) is 2.87. The molecular weight excluding hydrogens is 276 g/mol. The van der Waals surface area contributed by atoms with Gasteiger partial charge in [0, 0.05) is 26.3 Å². The molecule has 6 nitrogen and oxygen atoms in total. The van der Waals surface area contributed by atoms with Crippen LogP contribution in [0.25, 0.3) is 0 Å². The predicted molar refractivity (Wildman–Crippen MR) is 77.9 cm³/mol. The first kappa shape index (κ1) is 15.5. The van der Waals surface area contributed by atoms with E-state index < -0.39 is 10.0 Å². The molecule has 2 rings (SSSR count). The van der Waals surface area contributed by atoms with Gasteiger partial charge in [-0.15, -0.1) is 0 Å². The molecule has 0 spiro atoms. The number of piperidine rings is 1. The van der Waals surface area contributed by atoms with Crippen LogP contribution >= 0.6 is 0 Å². The Morgan fingerprint density at radius 1 is 1.55 bits per heavy atom. The van der Waals surface area contributed by atoms with Crippen molar-refractivity contribution < 1.29 is 8.42 Å². The predicted octanol–water partition coefficient (Wildman–Crippen LogP) is 0.820. The maximum atomic E-state index is 12.7. The quantitative estimate of drug-likeness (QED) is 0.844. The molecule has 1 aromatic rings. The van der Waals surface area contributed by atoms with Gasteiger partial charge in [0.2, 0.25) is 10.0 Å². The zero-order valence-corrected chi connectivity index (χ0v) is 13.1. The maximum absolute atomic E-state index is 12.7. The van der Waals surface area contributed by atoms with Crippen molar-refractivity contribution in [2.45, 2.75) is 31.1 Å². The smallest absolute Gasteiger partial charge is 0.246 e. The molecule has 1 atom stereocenters. The third-order valence-electron chi connectivity index (χ3n) is 3.65. The van der Waals surface area contributed by atoms with Crippen LogP contribution in [-0.2, 0) is 17.1 Å². The SMILES string of the molecule is CCCN(CC1CCCNC1)S(=O)(=O)c1cnn(C)c1. The summed E-state index contributed by atoms with van der Waals surface area (Å²) < 4.78 is 28.5. The van der Waals surface area contributed by atoms with Crippen LogP contribution in [0.2, 0.25) is 0 Å². The highest BCUT2D eigenvalue weighted by molar-refractivity contribution is 7.89. The molecule has 20 heavy (non-hydrogen) atoms. The lowest BCUT2D eigenvalue weighted by molar-refractivity contribution is 0.291. The van der Waals surface area contributed by atoms with Crippen LogP contribution in [0.1, 0.15) is 26.2 Å². The number of rotatable bonds is 6. The summed E-state index contributed by atoms with van der Waals surface area (Å²) in [5, 5.41) is 7.31. The highest BCUT2D eigenvalue weighted by atomic mass is 32.2. The summed E-state index contributed by atoms with van der Waals surface area (Å²) in [6, 6.07) is 0. The minimum absolute atomic E-state index is 0.289. The summed E-state index contributed by atoms with van der Waals surface area (Å²) in [6.45, 7) is 5.11. The van der Waals surface area contributed by atoms with Crippen molar-refractivity contribution in [1.82, 2.24) is 19.4 Å². The monoisotopic (exact) mass is 300 g/mol. The summed E-state index contributed by atoms with van der Waals surface area (Å²) in [4.78, 5) is 0.289. The minimum atomic E-state index is -3.42. The number of nitrogens with one attached hydrogen (secondary N) is 1. The molecular formula is C13H24N4O2S. The summed E-state index contributed by atoms with van der Waals surface area (Å²) in [7, 11) is -1.69. The minimum Gasteiger partial charge on any atom is -0.316 e. The van der Waals surface area contributed by atoms with Crippen LogP contribution in [0.15, 0.2) is 17.3 Å². The van der Waals surface area contributed by atoms with E-state index in [1.165, 1.54) is 10.9 Å². The van der Waals surface area contributed by atoms with Gasteiger partial charge in [0.15, 0.2) is 0 Å². The Morgan fingerprint density at radius 3 is 2.90 bits per heavy atom. The first-order chi connectivity index (χ1) is 9.54. The second-order valence-electron chi connectivity index (χ2n) is 5.43. The van der Waals surface area contributed by atoms with Crippen LogP contribution in [0.5, 0.6) is 0 Å². The van der Waals surface area contributed by atoms with E-state index in [4.69, 9.17) is 0 Å². The molecule has 1 aliphatic rings. The molecule has 0 bridgehead atoms. The second-order valence-corrected chi connectivity index (χ2v) is 7.36. The lowest BCUT2D eigenvalue weighted by Crippen LogP contribution is -2.41. The fraction of sp³-hybridized carbons (Fsp3) is 0.769. The van der Waals surface area contributed by atoms with E-state index in [0.29, 0.717) is 19.0 Å². The van der Waals surface area contributed by atoms with Gasteiger partial charge < -0.3 is 5.32 Å². The molecule has 114 valence electrons. The van der Waals surface area contributed by atoms with Crippen LogP contribution in [0.3, 0.4) is 0 Å². The highest BCUT2D eigenvalue weighted by Crippen LogP contribution is 2.19. The van der Waals surface area contributed by atoms with Crippen molar-refractivity contribution >= 4 is 10.0 Å². The number of sulfonamides is 1. The number of aromatic nitrogens is 2. The zero-order chi connectivity index (χ0) is 14.6. The molecule has 1 aliphatic heterocycles. The van der Waals surface area contributed by atoms with E-state index in [1.807, 2.05) is 6.92 Å². The molecule has 0 radical (unpaired) electrons. The summed E-state index contributed by atoms with van der Waals surface area (Å²) in [5.41, 5.74) is 0. The van der Waals surface area contributed by atoms with Gasteiger partial charge in [0.05, 0.1) is 6.20 Å². The summed E-state index contributed by atoms with van der Waals surface area (Å²) >= 11 is 0. The maximum Gasteiger partial charge on any atom is 0.246 e. The Morgan fingerprint density at radius 2 is 2.35 bits per heavy atom. The Balaban J connectivity index is 2.14. The average molecular weight is 300 g/mol. The third kappa shape index (κ3) is 3.59. The Hall–Kier alpha value is -0.920. The third-order valence-corrected chi connectivity index (χ3v) is 5.47. The van der Waals surface area contributed by atoms with Gasteiger partial charge in [-0.25, -0.2) is 8.42 Å². The fourth-order valence-electron chi connectivity index (χ4n) is 2.61. The van der Waals surface area contributed by atoms with Crippen molar-refractivity contribution in [3.05, 3.63) is 12.4 Å². The Labute approximate surface area is 121 Å². The van der Waals surface area contributed by atoms with Gasteiger partial charge in [0.25, 0.3) is 0 Å². The van der Waals surface area contributed by atoms with Crippen LogP contribution in [0, 0.1) is 5.92 Å². The van der Waals surface area contributed by atoms with E-state index >= 15 is 0 Å². The van der Waals surface area contributed by atoms with Gasteiger partial charge in [-0.1, -0.05) is 6.92 Å². The molecule has 1 aromatic heterocycles. The molecule has 1 fully saturated rings. The number of hydrogen-bond donors (Lipinski definition) is 1. The van der Waals surface area contributed by atoms with Crippen molar-refractivity contribution in [2.75, 3.05) is 26.2 Å². The molecule has 2 heterocycles.